The minimum atomic E-state index is -0.916. The average Bonchev–Trinajstić information content (AvgIpc) is 2.77. The highest BCUT2D eigenvalue weighted by Crippen LogP contribution is 2.23. The van der Waals surface area contributed by atoms with Crippen LogP contribution < -0.4 is 0 Å². The normalized spacial score (nSPS) is 12.8. The summed E-state index contributed by atoms with van der Waals surface area (Å²) in [6, 6.07) is 5.38. The Bertz CT molecular complexity index is 622. The van der Waals surface area contributed by atoms with E-state index in [1.807, 2.05) is 6.07 Å². The second-order valence-corrected chi connectivity index (χ2v) is 6.19. The molecule has 1 N–H and O–H groups in total. The maximum absolute atomic E-state index is 11.3. The number of rotatable bonds is 6. The molecule has 0 saturated carbocycles. The van der Waals surface area contributed by atoms with Crippen molar-refractivity contribution in [3.05, 3.63) is 29.6 Å². The highest BCUT2D eigenvalue weighted by atomic mass is 32.2. The van der Waals surface area contributed by atoms with Crippen LogP contribution in [0.2, 0.25) is 0 Å². The van der Waals surface area contributed by atoms with E-state index in [2.05, 4.69) is 29.7 Å². The Hall–Kier alpha value is -1.49. The molecular weight excluding hydrogens is 272 g/mol. The van der Waals surface area contributed by atoms with Gasteiger partial charge in [-0.2, -0.15) is 11.8 Å². The lowest BCUT2D eigenvalue weighted by Crippen LogP contribution is -2.12. The van der Waals surface area contributed by atoms with Crippen molar-refractivity contribution in [2.45, 2.75) is 38.5 Å². The van der Waals surface area contributed by atoms with Gasteiger partial charge in [0.1, 0.15) is 11.3 Å². The Morgan fingerprint density at radius 2 is 2.25 bits per heavy atom. The minimum Gasteiger partial charge on any atom is -0.478 e. The van der Waals surface area contributed by atoms with Gasteiger partial charge in [0, 0.05) is 18.2 Å². The molecule has 0 fully saturated rings. The molecule has 0 aliphatic heterocycles. The van der Waals surface area contributed by atoms with Crippen molar-refractivity contribution < 1.29 is 9.90 Å². The van der Waals surface area contributed by atoms with E-state index < -0.39 is 5.97 Å². The first-order valence-corrected chi connectivity index (χ1v) is 8.11. The van der Waals surface area contributed by atoms with Gasteiger partial charge >= 0.3 is 5.97 Å². The molecule has 1 atom stereocenters. The van der Waals surface area contributed by atoms with Crippen LogP contribution in [0.15, 0.2) is 18.2 Å². The van der Waals surface area contributed by atoms with Gasteiger partial charge in [0.05, 0.1) is 11.1 Å². The first-order valence-electron chi connectivity index (χ1n) is 6.82. The highest BCUT2D eigenvalue weighted by molar-refractivity contribution is 7.99. The van der Waals surface area contributed by atoms with Crippen LogP contribution in [0, 0.1) is 0 Å². The summed E-state index contributed by atoms with van der Waals surface area (Å²) >= 11 is 1.80. The van der Waals surface area contributed by atoms with Gasteiger partial charge < -0.3 is 9.67 Å². The number of hydrogen-bond acceptors (Lipinski definition) is 3. The summed E-state index contributed by atoms with van der Waals surface area (Å²) < 4.78 is 2.17. The highest BCUT2D eigenvalue weighted by Gasteiger charge is 2.17. The molecule has 2 aromatic rings. The molecule has 2 rings (SSSR count). The molecule has 4 nitrogen and oxygen atoms in total. The van der Waals surface area contributed by atoms with Crippen LogP contribution in [0.25, 0.3) is 11.0 Å². The average molecular weight is 292 g/mol. The molecule has 1 aromatic carbocycles. The van der Waals surface area contributed by atoms with E-state index in [0.29, 0.717) is 10.8 Å². The second-order valence-electron chi connectivity index (χ2n) is 4.91. The molecule has 1 aromatic heterocycles. The van der Waals surface area contributed by atoms with Crippen molar-refractivity contribution in [3.63, 3.8) is 0 Å². The Labute approximate surface area is 123 Å². The zero-order valence-corrected chi connectivity index (χ0v) is 12.9. The van der Waals surface area contributed by atoms with E-state index in [-0.39, 0.29) is 5.56 Å². The molecule has 0 bridgehead atoms. The fraction of sp³-hybridized carbons (Fsp3) is 0.467. The van der Waals surface area contributed by atoms with Gasteiger partial charge in [-0.15, -0.1) is 0 Å². The molecule has 0 spiro atoms. The number of thioether (sulfide) groups is 1. The fourth-order valence-corrected chi connectivity index (χ4v) is 2.62. The molecule has 5 heteroatoms. The van der Waals surface area contributed by atoms with Gasteiger partial charge in [-0.05, 0) is 24.8 Å². The summed E-state index contributed by atoms with van der Waals surface area (Å²) in [6.45, 7) is 5.14. The smallest absolute Gasteiger partial charge is 0.337 e. The quantitative estimate of drug-likeness (QED) is 0.886. The number of aromatic carboxylic acids is 1. The van der Waals surface area contributed by atoms with Gasteiger partial charge in [-0.1, -0.05) is 19.9 Å². The Kier molecular flexibility index (Phi) is 4.70. The summed E-state index contributed by atoms with van der Waals surface area (Å²) in [5.41, 5.74) is 1.82. The lowest BCUT2D eigenvalue weighted by molar-refractivity contribution is 0.0699. The molecular formula is C15H20N2O2S. The van der Waals surface area contributed by atoms with Crippen LogP contribution in [0.5, 0.6) is 0 Å². The van der Waals surface area contributed by atoms with Crippen molar-refractivity contribution in [2.24, 2.45) is 0 Å². The number of aromatic nitrogens is 2. The zero-order valence-electron chi connectivity index (χ0n) is 12.1. The number of nitrogens with zero attached hydrogens (tertiary/aromatic N) is 2. The van der Waals surface area contributed by atoms with E-state index in [4.69, 9.17) is 0 Å². The second kappa shape index (κ2) is 6.31. The number of carboxylic acids is 1. The van der Waals surface area contributed by atoms with Crippen LogP contribution in [-0.2, 0) is 13.0 Å². The van der Waals surface area contributed by atoms with Gasteiger partial charge in [0.2, 0.25) is 0 Å². The number of hydrogen-bond donors (Lipinski definition) is 1. The molecule has 0 amide bonds. The molecule has 0 radical (unpaired) electrons. The summed E-state index contributed by atoms with van der Waals surface area (Å²) in [6.07, 6.45) is 3.96. The fourth-order valence-electron chi connectivity index (χ4n) is 2.32. The SMILES string of the molecule is CCCc1nc2c(C(=O)O)cccc2n1CC(C)SC. The van der Waals surface area contributed by atoms with Crippen LogP contribution in [0.1, 0.15) is 36.5 Å². The van der Waals surface area contributed by atoms with Crippen LogP contribution >= 0.6 is 11.8 Å². The molecule has 1 unspecified atom stereocenters. The Morgan fingerprint density at radius 3 is 2.85 bits per heavy atom. The standard InChI is InChI=1S/C15H20N2O2S/c1-4-6-13-16-14-11(15(18)19)7-5-8-12(14)17(13)9-10(2)20-3/h5,7-8,10H,4,6,9H2,1-3H3,(H,18,19). The zero-order chi connectivity index (χ0) is 14.7. The van der Waals surface area contributed by atoms with E-state index in [9.17, 15) is 9.90 Å². The lowest BCUT2D eigenvalue weighted by atomic mass is 10.2. The summed E-state index contributed by atoms with van der Waals surface area (Å²) in [7, 11) is 0. The van der Waals surface area contributed by atoms with Crippen molar-refractivity contribution in [3.8, 4) is 0 Å². The third kappa shape index (κ3) is 2.82. The van der Waals surface area contributed by atoms with Crippen molar-refractivity contribution in [1.82, 2.24) is 9.55 Å². The molecule has 0 aliphatic rings. The molecule has 108 valence electrons. The van der Waals surface area contributed by atoms with Crippen molar-refractivity contribution in [1.29, 1.82) is 0 Å². The number of carbonyl (C=O) groups is 1. The third-order valence-electron chi connectivity index (χ3n) is 3.40. The summed E-state index contributed by atoms with van der Waals surface area (Å²) in [5.74, 6) is 0.0679. The van der Waals surface area contributed by atoms with Gasteiger partial charge in [0.25, 0.3) is 0 Å². The molecule has 0 saturated heterocycles. The number of carboxylic acid groups (broad SMARTS) is 1. The topological polar surface area (TPSA) is 55.1 Å². The Balaban J connectivity index is 2.60. The van der Waals surface area contributed by atoms with Crippen molar-refractivity contribution in [2.75, 3.05) is 6.26 Å². The van der Waals surface area contributed by atoms with E-state index in [1.54, 1.807) is 23.9 Å². The number of fused-ring (bicyclic) bond motifs is 1. The molecule has 0 aliphatic carbocycles. The summed E-state index contributed by atoms with van der Waals surface area (Å²) in [4.78, 5) is 15.9. The third-order valence-corrected chi connectivity index (χ3v) is 4.36. The molecule has 20 heavy (non-hydrogen) atoms. The number of para-hydroxylation sites is 1. The first kappa shape index (κ1) is 14.9. The molecule has 1 heterocycles. The number of benzene rings is 1. The largest absolute Gasteiger partial charge is 0.478 e. The van der Waals surface area contributed by atoms with Crippen LogP contribution in [0.3, 0.4) is 0 Å². The predicted octanol–water partition coefficient (Wildman–Crippen LogP) is 3.44. The number of imidazole rings is 1. The Morgan fingerprint density at radius 1 is 1.50 bits per heavy atom. The maximum Gasteiger partial charge on any atom is 0.337 e. The predicted molar refractivity (Wildman–Crippen MR) is 83.7 cm³/mol. The van der Waals surface area contributed by atoms with Gasteiger partial charge in [0.15, 0.2) is 0 Å². The van der Waals surface area contributed by atoms with Crippen molar-refractivity contribution >= 4 is 28.8 Å². The van der Waals surface area contributed by atoms with Crippen LogP contribution in [-0.4, -0.2) is 32.1 Å². The lowest BCUT2D eigenvalue weighted by Gasteiger charge is -2.13. The number of aryl methyl sites for hydroxylation is 1. The monoisotopic (exact) mass is 292 g/mol. The minimum absolute atomic E-state index is 0.287. The van der Waals surface area contributed by atoms with E-state index in [0.717, 1.165) is 30.7 Å². The van der Waals surface area contributed by atoms with Crippen LogP contribution in [0.4, 0.5) is 0 Å². The van der Waals surface area contributed by atoms with Gasteiger partial charge in [-0.25, -0.2) is 9.78 Å². The van der Waals surface area contributed by atoms with E-state index >= 15 is 0 Å². The first-order chi connectivity index (χ1) is 9.58. The summed E-state index contributed by atoms with van der Waals surface area (Å²) in [5, 5.41) is 9.76. The maximum atomic E-state index is 11.3. The van der Waals surface area contributed by atoms with Gasteiger partial charge in [-0.3, -0.25) is 0 Å². The van der Waals surface area contributed by atoms with E-state index in [1.165, 1.54) is 0 Å².